The van der Waals surface area contributed by atoms with Gasteiger partial charge in [-0.25, -0.2) is 10.2 Å². The number of halogens is 2. The van der Waals surface area contributed by atoms with Crippen molar-refractivity contribution in [1.29, 1.82) is 0 Å². The number of methoxy groups -OCH3 is 2. The lowest BCUT2D eigenvalue weighted by molar-refractivity contribution is -0.136. The topological polar surface area (TPSA) is 115 Å². The second kappa shape index (κ2) is 11.9. The van der Waals surface area contributed by atoms with E-state index in [1.807, 2.05) is 0 Å². The van der Waals surface area contributed by atoms with Gasteiger partial charge >= 0.3 is 17.8 Å². The first-order valence-corrected chi connectivity index (χ1v) is 10.7. The fraction of sp³-hybridized carbons (Fsp3) is 0.0833. The van der Waals surface area contributed by atoms with Crippen molar-refractivity contribution in [2.75, 3.05) is 19.5 Å². The molecule has 180 valence electrons. The third-order valence-electron chi connectivity index (χ3n) is 4.46. The Morgan fingerprint density at radius 3 is 2.37 bits per heavy atom. The molecule has 9 nitrogen and oxygen atoms in total. The summed E-state index contributed by atoms with van der Waals surface area (Å²) in [6.45, 7) is 0. The number of benzene rings is 3. The Morgan fingerprint density at radius 2 is 1.66 bits per heavy atom. The van der Waals surface area contributed by atoms with Gasteiger partial charge in [-0.2, -0.15) is 5.10 Å². The van der Waals surface area contributed by atoms with E-state index in [1.165, 1.54) is 50.8 Å². The van der Waals surface area contributed by atoms with Gasteiger partial charge in [0.05, 0.1) is 36.0 Å². The summed E-state index contributed by atoms with van der Waals surface area (Å²) in [6, 6.07) is 15.5. The van der Waals surface area contributed by atoms with Gasteiger partial charge in [0.25, 0.3) is 0 Å². The molecule has 0 fully saturated rings. The average molecular weight is 516 g/mol. The van der Waals surface area contributed by atoms with Crippen LogP contribution in [0.4, 0.5) is 5.69 Å². The average Bonchev–Trinajstić information content (AvgIpc) is 2.86. The third-order valence-corrected chi connectivity index (χ3v) is 5.20. The van der Waals surface area contributed by atoms with Crippen molar-refractivity contribution in [2.24, 2.45) is 5.10 Å². The molecule has 11 heteroatoms. The minimum atomic E-state index is -0.969. The predicted molar refractivity (Wildman–Crippen MR) is 132 cm³/mol. The van der Waals surface area contributed by atoms with Crippen molar-refractivity contribution in [3.05, 3.63) is 81.8 Å². The number of nitrogens with zero attached hydrogens (tertiary/aromatic N) is 1. The Bertz CT molecular complexity index is 1300. The Morgan fingerprint density at radius 1 is 0.857 bits per heavy atom. The van der Waals surface area contributed by atoms with Crippen LogP contribution in [0.15, 0.2) is 65.8 Å². The summed E-state index contributed by atoms with van der Waals surface area (Å²) in [7, 11) is 2.89. The first-order chi connectivity index (χ1) is 16.8. The summed E-state index contributed by atoms with van der Waals surface area (Å²) in [4.78, 5) is 36.4. The van der Waals surface area contributed by atoms with E-state index in [0.29, 0.717) is 22.0 Å². The molecule has 35 heavy (non-hydrogen) atoms. The molecule has 0 saturated heterocycles. The number of hydrazone groups is 1. The van der Waals surface area contributed by atoms with Gasteiger partial charge in [0, 0.05) is 11.8 Å². The molecule has 0 atom stereocenters. The molecule has 0 aromatic heterocycles. The van der Waals surface area contributed by atoms with Crippen LogP contribution in [0.3, 0.4) is 0 Å². The van der Waals surface area contributed by atoms with Gasteiger partial charge in [0.1, 0.15) is 5.75 Å². The van der Waals surface area contributed by atoms with Crippen LogP contribution in [0.25, 0.3) is 0 Å². The number of esters is 1. The normalized spacial score (nSPS) is 10.5. The Hall–Kier alpha value is -4.08. The fourth-order valence-corrected chi connectivity index (χ4v) is 3.03. The number of hydrogen-bond acceptors (Lipinski definition) is 7. The third kappa shape index (κ3) is 6.95. The van der Waals surface area contributed by atoms with Crippen LogP contribution >= 0.6 is 23.2 Å². The fourth-order valence-electron chi connectivity index (χ4n) is 2.74. The molecule has 0 saturated carbocycles. The Balaban J connectivity index is 1.61. The highest BCUT2D eigenvalue weighted by atomic mass is 35.5. The van der Waals surface area contributed by atoms with Crippen molar-refractivity contribution in [1.82, 2.24) is 5.43 Å². The van der Waals surface area contributed by atoms with Gasteiger partial charge < -0.3 is 19.5 Å². The van der Waals surface area contributed by atoms with E-state index in [1.54, 1.807) is 30.3 Å². The molecule has 0 spiro atoms. The summed E-state index contributed by atoms with van der Waals surface area (Å²) in [5.74, 6) is -1.61. The van der Waals surface area contributed by atoms with Crippen LogP contribution in [-0.2, 0) is 9.59 Å². The molecule has 0 aliphatic rings. The number of nitrogens with one attached hydrogen (secondary N) is 2. The van der Waals surface area contributed by atoms with Crippen LogP contribution in [0.1, 0.15) is 15.9 Å². The quantitative estimate of drug-likeness (QED) is 0.159. The summed E-state index contributed by atoms with van der Waals surface area (Å²) < 4.78 is 15.7. The van der Waals surface area contributed by atoms with Crippen LogP contribution in [0.2, 0.25) is 10.0 Å². The summed E-state index contributed by atoms with van der Waals surface area (Å²) in [5.41, 5.74) is 3.24. The lowest BCUT2D eigenvalue weighted by Gasteiger charge is -2.10. The molecular weight excluding hydrogens is 497 g/mol. The maximum Gasteiger partial charge on any atom is 0.343 e. The smallest absolute Gasteiger partial charge is 0.343 e. The molecule has 0 aliphatic heterocycles. The molecule has 3 aromatic carbocycles. The molecule has 3 rings (SSSR count). The standard InChI is InChI=1S/C24H19Cl2N3O6/c1-33-17-5-3-4-16(12-17)28-22(30)23(31)29-27-13-14-6-9-20(21(10-14)34-2)35-24(32)15-7-8-18(25)19(26)11-15/h3-13H,1-2H3,(H,28,30)(H,29,31)/b27-13-. The van der Waals surface area contributed by atoms with Crippen LogP contribution < -0.4 is 25.0 Å². The monoisotopic (exact) mass is 515 g/mol. The van der Waals surface area contributed by atoms with Crippen molar-refractivity contribution in [3.8, 4) is 17.2 Å². The van der Waals surface area contributed by atoms with E-state index in [9.17, 15) is 14.4 Å². The highest BCUT2D eigenvalue weighted by Crippen LogP contribution is 2.29. The summed E-state index contributed by atoms with van der Waals surface area (Å²) in [6.07, 6.45) is 1.30. The predicted octanol–water partition coefficient (Wildman–Crippen LogP) is 4.32. The zero-order valence-electron chi connectivity index (χ0n) is 18.5. The van der Waals surface area contributed by atoms with Crippen LogP contribution in [0.5, 0.6) is 17.2 Å². The maximum absolute atomic E-state index is 12.4. The molecular formula is C24H19Cl2N3O6. The molecule has 2 amide bonds. The van der Waals surface area contributed by atoms with Crippen LogP contribution in [-0.4, -0.2) is 38.2 Å². The molecule has 3 aromatic rings. The number of rotatable bonds is 7. The van der Waals surface area contributed by atoms with E-state index in [-0.39, 0.29) is 22.1 Å². The van der Waals surface area contributed by atoms with Gasteiger partial charge in [-0.15, -0.1) is 0 Å². The van der Waals surface area contributed by atoms with Crippen LogP contribution in [0, 0.1) is 0 Å². The summed E-state index contributed by atoms with van der Waals surface area (Å²) in [5, 5.41) is 6.74. The maximum atomic E-state index is 12.4. The van der Waals surface area contributed by atoms with Crippen molar-refractivity contribution in [3.63, 3.8) is 0 Å². The van der Waals surface area contributed by atoms with E-state index in [0.717, 1.165) is 0 Å². The zero-order chi connectivity index (χ0) is 25.4. The zero-order valence-corrected chi connectivity index (χ0v) is 20.0. The molecule has 0 heterocycles. The summed E-state index contributed by atoms with van der Waals surface area (Å²) >= 11 is 11.8. The Kier molecular flexibility index (Phi) is 8.66. The number of ether oxygens (including phenoxy) is 3. The molecule has 2 N–H and O–H groups in total. The molecule has 0 bridgehead atoms. The van der Waals surface area contributed by atoms with Gasteiger partial charge in [-0.3, -0.25) is 9.59 Å². The number of amides is 2. The van der Waals surface area contributed by atoms with Gasteiger partial charge in [-0.1, -0.05) is 29.3 Å². The second-order valence-electron chi connectivity index (χ2n) is 6.81. The van der Waals surface area contributed by atoms with Gasteiger partial charge in [0.2, 0.25) is 0 Å². The first kappa shape index (κ1) is 25.5. The first-order valence-electron chi connectivity index (χ1n) is 9.94. The minimum absolute atomic E-state index is 0.155. The molecule has 0 aliphatic carbocycles. The lowest BCUT2D eigenvalue weighted by Crippen LogP contribution is -2.32. The SMILES string of the molecule is COc1cccc(NC(=O)C(=O)N/N=C\c2ccc(OC(=O)c3ccc(Cl)c(Cl)c3)c(OC)c2)c1. The van der Waals surface area contributed by atoms with E-state index < -0.39 is 17.8 Å². The molecule has 0 radical (unpaired) electrons. The highest BCUT2D eigenvalue weighted by molar-refractivity contribution is 6.42. The molecule has 0 unspecified atom stereocenters. The number of carbonyl (C=O) groups excluding carboxylic acids is 3. The number of anilines is 1. The number of hydrogen-bond donors (Lipinski definition) is 2. The van der Waals surface area contributed by atoms with E-state index in [2.05, 4.69) is 15.8 Å². The highest BCUT2D eigenvalue weighted by Gasteiger charge is 2.15. The van der Waals surface area contributed by atoms with E-state index in [4.69, 9.17) is 37.4 Å². The van der Waals surface area contributed by atoms with Crippen molar-refractivity contribution >= 4 is 52.9 Å². The number of carbonyl (C=O) groups is 3. The second-order valence-corrected chi connectivity index (χ2v) is 7.63. The van der Waals surface area contributed by atoms with Crippen molar-refractivity contribution in [2.45, 2.75) is 0 Å². The van der Waals surface area contributed by atoms with Crippen molar-refractivity contribution < 1.29 is 28.6 Å². The van der Waals surface area contributed by atoms with Gasteiger partial charge in [-0.05, 0) is 54.1 Å². The van der Waals surface area contributed by atoms with E-state index >= 15 is 0 Å². The largest absolute Gasteiger partial charge is 0.497 e. The van der Waals surface area contributed by atoms with Gasteiger partial charge in [0.15, 0.2) is 11.5 Å². The minimum Gasteiger partial charge on any atom is -0.497 e. The Labute approximate surface area is 210 Å². The lowest BCUT2D eigenvalue weighted by atomic mass is 10.2.